The lowest BCUT2D eigenvalue weighted by molar-refractivity contribution is 0.389. The van der Waals surface area contributed by atoms with Crippen LogP contribution in [0.25, 0.3) is 12.2 Å². The number of benzene rings is 1. The van der Waals surface area contributed by atoms with Gasteiger partial charge in [0.2, 0.25) is 0 Å². The molecule has 18 heavy (non-hydrogen) atoms. The summed E-state index contributed by atoms with van der Waals surface area (Å²) in [4.78, 5) is 0. The van der Waals surface area contributed by atoms with Crippen molar-refractivity contribution in [3.8, 4) is 11.5 Å². The van der Waals surface area contributed by atoms with E-state index in [1.165, 1.54) is 0 Å². The minimum absolute atomic E-state index is 0.737. The molecule has 1 heterocycles. The average Bonchev–Trinajstić information content (AvgIpc) is 2.90. The van der Waals surface area contributed by atoms with Crippen molar-refractivity contribution in [2.24, 2.45) is 0 Å². The molecule has 2 rings (SSSR count). The molecule has 4 heteroatoms. The monoisotopic (exact) mass is 308 g/mol. The summed E-state index contributed by atoms with van der Waals surface area (Å²) in [5.41, 5.74) is 2.00. The largest absolute Gasteiger partial charge is 0.495 e. The number of rotatable bonds is 4. The third-order valence-electron chi connectivity index (χ3n) is 2.48. The minimum Gasteiger partial charge on any atom is -0.495 e. The molecule has 0 saturated heterocycles. The Morgan fingerprint density at radius 3 is 2.17 bits per heavy atom. The normalized spacial score (nSPS) is 10.8. The highest BCUT2D eigenvalue weighted by Crippen LogP contribution is 2.36. The second-order valence-corrected chi connectivity index (χ2v) is 4.42. The van der Waals surface area contributed by atoms with Gasteiger partial charge in [0.1, 0.15) is 16.0 Å². The second-order valence-electron chi connectivity index (χ2n) is 3.63. The summed E-state index contributed by atoms with van der Waals surface area (Å²) in [6, 6.07) is 5.76. The zero-order valence-corrected chi connectivity index (χ0v) is 11.7. The van der Waals surface area contributed by atoms with E-state index in [-0.39, 0.29) is 0 Å². The smallest absolute Gasteiger partial charge is 0.137 e. The molecule has 0 atom stereocenters. The lowest BCUT2D eigenvalue weighted by Gasteiger charge is -2.09. The van der Waals surface area contributed by atoms with Gasteiger partial charge >= 0.3 is 0 Å². The van der Waals surface area contributed by atoms with Crippen molar-refractivity contribution in [3.63, 3.8) is 0 Å². The minimum atomic E-state index is 0.737. The summed E-state index contributed by atoms with van der Waals surface area (Å²) < 4.78 is 16.4. The number of ether oxygens (including phenoxy) is 2. The zero-order valence-electron chi connectivity index (χ0n) is 10.1. The highest BCUT2D eigenvalue weighted by atomic mass is 79.9. The van der Waals surface area contributed by atoms with E-state index >= 15 is 0 Å². The van der Waals surface area contributed by atoms with Crippen molar-refractivity contribution in [1.82, 2.24) is 0 Å². The van der Waals surface area contributed by atoms with Crippen molar-refractivity contribution in [3.05, 3.63) is 46.3 Å². The van der Waals surface area contributed by atoms with Gasteiger partial charge in [-0.1, -0.05) is 12.2 Å². The first kappa shape index (κ1) is 12.8. The lowest BCUT2D eigenvalue weighted by atomic mass is 10.1. The molecule has 0 N–H and O–H groups in total. The third-order valence-corrected chi connectivity index (χ3v) is 3.26. The standard InChI is InChI=1S/C14H13BrO3/c1-16-12-7-11(8-13(17-2)14(12)15)4-3-10-5-6-18-9-10/h3-9H,1-2H3. The van der Waals surface area contributed by atoms with Crippen molar-refractivity contribution in [1.29, 1.82) is 0 Å². The van der Waals surface area contributed by atoms with E-state index in [0.717, 1.165) is 27.1 Å². The molecule has 3 nitrogen and oxygen atoms in total. The van der Waals surface area contributed by atoms with Crippen LogP contribution < -0.4 is 9.47 Å². The van der Waals surface area contributed by atoms with E-state index < -0.39 is 0 Å². The van der Waals surface area contributed by atoms with Gasteiger partial charge in [0.05, 0.1) is 26.7 Å². The summed E-state index contributed by atoms with van der Waals surface area (Å²) in [7, 11) is 3.26. The van der Waals surface area contributed by atoms with Gasteiger partial charge in [-0.25, -0.2) is 0 Å². The molecule has 0 spiro atoms. The van der Waals surface area contributed by atoms with E-state index in [0.29, 0.717) is 0 Å². The van der Waals surface area contributed by atoms with Gasteiger partial charge in [-0.05, 0) is 39.7 Å². The van der Waals surface area contributed by atoms with Gasteiger partial charge in [-0.15, -0.1) is 0 Å². The molecule has 0 bridgehead atoms. The first-order valence-electron chi connectivity index (χ1n) is 5.36. The van der Waals surface area contributed by atoms with Gasteiger partial charge in [0.15, 0.2) is 0 Å². The van der Waals surface area contributed by atoms with Crippen LogP contribution in [0.1, 0.15) is 11.1 Å². The van der Waals surface area contributed by atoms with Crippen molar-refractivity contribution in [2.45, 2.75) is 0 Å². The van der Waals surface area contributed by atoms with Crippen LogP contribution >= 0.6 is 15.9 Å². The maximum absolute atomic E-state index is 5.29. The van der Waals surface area contributed by atoms with E-state index in [1.54, 1.807) is 26.7 Å². The Labute approximate surface area is 114 Å². The Morgan fingerprint density at radius 2 is 1.67 bits per heavy atom. The summed E-state index contributed by atoms with van der Waals surface area (Å²) in [6.07, 6.45) is 7.26. The lowest BCUT2D eigenvalue weighted by Crippen LogP contribution is -1.90. The van der Waals surface area contributed by atoms with E-state index in [2.05, 4.69) is 15.9 Å². The van der Waals surface area contributed by atoms with Crippen LogP contribution in [0.15, 0.2) is 39.6 Å². The summed E-state index contributed by atoms with van der Waals surface area (Å²) in [5, 5.41) is 0. The topological polar surface area (TPSA) is 31.6 Å². The highest BCUT2D eigenvalue weighted by Gasteiger charge is 2.08. The molecule has 0 fully saturated rings. The van der Waals surface area contributed by atoms with Crippen LogP contribution in [-0.2, 0) is 0 Å². The van der Waals surface area contributed by atoms with Crippen LogP contribution in [0.3, 0.4) is 0 Å². The summed E-state index contributed by atoms with van der Waals surface area (Å²) in [6.45, 7) is 0. The molecule has 94 valence electrons. The molecule has 2 aromatic rings. The molecule has 1 aromatic carbocycles. The summed E-state index contributed by atoms with van der Waals surface area (Å²) >= 11 is 3.44. The van der Waals surface area contributed by atoms with Gasteiger partial charge in [-0.2, -0.15) is 0 Å². The fourth-order valence-electron chi connectivity index (χ4n) is 1.55. The Bertz CT molecular complexity index is 519. The first-order valence-corrected chi connectivity index (χ1v) is 6.15. The Kier molecular flexibility index (Phi) is 4.10. The number of methoxy groups -OCH3 is 2. The van der Waals surface area contributed by atoms with Gasteiger partial charge < -0.3 is 13.9 Å². The molecule has 0 radical (unpaired) electrons. The maximum Gasteiger partial charge on any atom is 0.137 e. The zero-order chi connectivity index (χ0) is 13.0. The molecule has 1 aromatic heterocycles. The molecule has 0 aliphatic carbocycles. The maximum atomic E-state index is 5.29. The molecule has 0 unspecified atom stereocenters. The number of furan rings is 1. The predicted molar refractivity (Wildman–Crippen MR) is 74.9 cm³/mol. The number of hydrogen-bond donors (Lipinski definition) is 0. The molecular weight excluding hydrogens is 296 g/mol. The molecule has 0 aliphatic heterocycles. The Morgan fingerprint density at radius 1 is 1.06 bits per heavy atom. The summed E-state index contributed by atoms with van der Waals surface area (Å²) in [5.74, 6) is 1.47. The van der Waals surface area contributed by atoms with Crippen LogP contribution in [0.2, 0.25) is 0 Å². The fourth-order valence-corrected chi connectivity index (χ4v) is 2.10. The molecular formula is C14H13BrO3. The van der Waals surface area contributed by atoms with Gasteiger partial charge in [-0.3, -0.25) is 0 Å². The van der Waals surface area contributed by atoms with Crippen molar-refractivity contribution >= 4 is 28.1 Å². The van der Waals surface area contributed by atoms with E-state index in [1.807, 2.05) is 30.4 Å². The van der Waals surface area contributed by atoms with Crippen molar-refractivity contribution in [2.75, 3.05) is 14.2 Å². The first-order chi connectivity index (χ1) is 8.74. The van der Waals surface area contributed by atoms with Crippen LogP contribution in [0.4, 0.5) is 0 Å². The molecule has 0 amide bonds. The Hall–Kier alpha value is -1.68. The Balaban J connectivity index is 2.33. The SMILES string of the molecule is COc1cc(C=Cc2ccoc2)cc(OC)c1Br. The van der Waals surface area contributed by atoms with E-state index in [9.17, 15) is 0 Å². The quantitative estimate of drug-likeness (QED) is 0.847. The third kappa shape index (κ3) is 2.76. The average molecular weight is 309 g/mol. The number of halogens is 1. The second kappa shape index (κ2) is 5.78. The molecule has 0 saturated carbocycles. The molecule has 0 aliphatic rings. The predicted octanol–water partition coefficient (Wildman–Crippen LogP) is 4.23. The fraction of sp³-hybridized carbons (Fsp3) is 0.143. The highest BCUT2D eigenvalue weighted by molar-refractivity contribution is 9.10. The van der Waals surface area contributed by atoms with Crippen molar-refractivity contribution < 1.29 is 13.9 Å². The van der Waals surface area contributed by atoms with Gasteiger partial charge in [0.25, 0.3) is 0 Å². The van der Waals surface area contributed by atoms with Crippen LogP contribution in [0, 0.1) is 0 Å². The van der Waals surface area contributed by atoms with Gasteiger partial charge in [0, 0.05) is 5.56 Å². The van der Waals surface area contributed by atoms with E-state index in [4.69, 9.17) is 13.9 Å². The van der Waals surface area contributed by atoms with Crippen LogP contribution in [-0.4, -0.2) is 14.2 Å². The van der Waals surface area contributed by atoms with Crippen LogP contribution in [0.5, 0.6) is 11.5 Å². The number of hydrogen-bond acceptors (Lipinski definition) is 3.